The van der Waals surface area contributed by atoms with Crippen LogP contribution in [-0.4, -0.2) is 23.9 Å². The maximum absolute atomic E-state index is 12.2. The number of rotatable bonds is 6. The second-order valence-corrected chi connectivity index (χ2v) is 6.84. The summed E-state index contributed by atoms with van der Waals surface area (Å²) in [4.78, 5) is 24.2. The topological polar surface area (TPSA) is 110 Å². The van der Waals surface area contributed by atoms with E-state index in [1.165, 1.54) is 11.3 Å². The number of hydrogen-bond donors (Lipinski definition) is 4. The van der Waals surface area contributed by atoms with Crippen LogP contribution in [0.25, 0.3) is 0 Å². The van der Waals surface area contributed by atoms with Gasteiger partial charge in [0.25, 0.3) is 11.8 Å². The summed E-state index contributed by atoms with van der Waals surface area (Å²) in [6, 6.07) is 0.603. The van der Waals surface area contributed by atoms with E-state index in [2.05, 4.69) is 17.6 Å². The molecular weight excluding hydrogens is 288 g/mol. The monoisotopic (exact) mass is 308 g/mol. The van der Waals surface area contributed by atoms with Gasteiger partial charge in [0.2, 0.25) is 0 Å². The van der Waals surface area contributed by atoms with E-state index in [0.29, 0.717) is 21.8 Å². The highest BCUT2D eigenvalue weighted by Crippen LogP contribution is 2.42. The van der Waals surface area contributed by atoms with Crippen LogP contribution in [0, 0.1) is 5.92 Å². The van der Waals surface area contributed by atoms with Crippen molar-refractivity contribution in [2.24, 2.45) is 11.7 Å². The van der Waals surface area contributed by atoms with Crippen LogP contribution in [0.3, 0.4) is 0 Å². The van der Waals surface area contributed by atoms with Gasteiger partial charge in [0, 0.05) is 12.1 Å². The number of carbonyl (C=O) groups excluding carboxylic acids is 2. The summed E-state index contributed by atoms with van der Waals surface area (Å²) < 4.78 is 0. The summed E-state index contributed by atoms with van der Waals surface area (Å²) in [6.07, 6.45) is 4.19. The van der Waals surface area contributed by atoms with Gasteiger partial charge in [0.1, 0.15) is 9.88 Å². The number of hydrogen-bond acceptors (Lipinski definition) is 5. The van der Waals surface area contributed by atoms with Crippen LogP contribution in [0.4, 0.5) is 10.7 Å². The first-order valence-corrected chi connectivity index (χ1v) is 8.12. The minimum Gasteiger partial charge on any atom is -0.397 e. The van der Waals surface area contributed by atoms with Crippen LogP contribution < -0.4 is 22.1 Å². The number of amides is 2. The Labute approximate surface area is 127 Å². The maximum Gasteiger partial charge on any atom is 0.263 e. The Morgan fingerprint density at radius 3 is 2.62 bits per heavy atom. The summed E-state index contributed by atoms with van der Waals surface area (Å²) in [5.74, 6) is -0.179. The number of anilines is 2. The summed E-state index contributed by atoms with van der Waals surface area (Å²) in [5, 5.41) is 6.83. The number of primary amides is 1. The van der Waals surface area contributed by atoms with E-state index in [1.54, 1.807) is 0 Å². The van der Waals surface area contributed by atoms with Crippen molar-refractivity contribution in [1.29, 1.82) is 0 Å². The lowest BCUT2D eigenvalue weighted by Crippen LogP contribution is -2.25. The van der Waals surface area contributed by atoms with Crippen LogP contribution in [-0.2, 0) is 0 Å². The highest BCUT2D eigenvalue weighted by molar-refractivity contribution is 7.19. The molecule has 0 aliphatic heterocycles. The average Bonchev–Trinajstić information content (AvgIpc) is 3.31. The number of nitrogen functional groups attached to an aromatic ring is 1. The second kappa shape index (κ2) is 5.22. The van der Waals surface area contributed by atoms with E-state index in [9.17, 15) is 9.59 Å². The lowest BCUT2D eigenvalue weighted by atomic mass is 10.2. The van der Waals surface area contributed by atoms with Crippen molar-refractivity contribution in [3.8, 4) is 0 Å². The molecule has 114 valence electrons. The van der Waals surface area contributed by atoms with Crippen LogP contribution in [0.2, 0.25) is 0 Å². The third-order valence-electron chi connectivity index (χ3n) is 4.07. The van der Waals surface area contributed by atoms with Crippen molar-refractivity contribution in [2.75, 3.05) is 11.1 Å². The van der Waals surface area contributed by atoms with Gasteiger partial charge in [-0.1, -0.05) is 13.3 Å². The smallest absolute Gasteiger partial charge is 0.263 e. The van der Waals surface area contributed by atoms with Gasteiger partial charge < -0.3 is 22.1 Å². The Hall–Kier alpha value is -1.76. The zero-order valence-corrected chi connectivity index (χ0v) is 12.8. The SMILES string of the molecule is CCC1CC1Nc1sc(C(=O)NC2CC2)c(N)c1C(N)=O. The van der Waals surface area contributed by atoms with Gasteiger partial charge in [-0.15, -0.1) is 11.3 Å². The van der Waals surface area contributed by atoms with Gasteiger partial charge in [-0.05, 0) is 25.2 Å². The van der Waals surface area contributed by atoms with Gasteiger partial charge in [0.05, 0.1) is 11.3 Å². The third kappa shape index (κ3) is 2.83. The lowest BCUT2D eigenvalue weighted by molar-refractivity contribution is 0.0955. The van der Waals surface area contributed by atoms with E-state index in [-0.39, 0.29) is 23.2 Å². The van der Waals surface area contributed by atoms with E-state index in [0.717, 1.165) is 25.7 Å². The molecule has 1 aromatic rings. The van der Waals surface area contributed by atoms with Gasteiger partial charge in [-0.3, -0.25) is 9.59 Å². The largest absolute Gasteiger partial charge is 0.397 e. The molecule has 7 heteroatoms. The molecule has 0 bridgehead atoms. The number of nitrogens with one attached hydrogen (secondary N) is 2. The molecule has 2 saturated carbocycles. The number of thiophene rings is 1. The first kappa shape index (κ1) is 14.2. The van der Waals surface area contributed by atoms with Crippen molar-refractivity contribution in [3.63, 3.8) is 0 Å². The molecule has 6 N–H and O–H groups in total. The Bertz CT molecular complexity index is 594. The van der Waals surface area contributed by atoms with Crippen molar-refractivity contribution in [2.45, 2.75) is 44.7 Å². The van der Waals surface area contributed by atoms with E-state index in [1.807, 2.05) is 0 Å². The molecule has 0 aromatic carbocycles. The fourth-order valence-electron chi connectivity index (χ4n) is 2.48. The Morgan fingerprint density at radius 1 is 1.38 bits per heavy atom. The van der Waals surface area contributed by atoms with Crippen molar-refractivity contribution in [3.05, 3.63) is 10.4 Å². The summed E-state index contributed by atoms with van der Waals surface area (Å²) in [7, 11) is 0. The summed E-state index contributed by atoms with van der Waals surface area (Å²) in [5.41, 5.74) is 11.8. The molecule has 2 atom stereocenters. The first-order valence-electron chi connectivity index (χ1n) is 7.30. The first-order chi connectivity index (χ1) is 10.0. The minimum atomic E-state index is -0.592. The summed E-state index contributed by atoms with van der Waals surface area (Å²) >= 11 is 1.22. The van der Waals surface area contributed by atoms with E-state index in [4.69, 9.17) is 11.5 Å². The Morgan fingerprint density at radius 2 is 2.10 bits per heavy atom. The maximum atomic E-state index is 12.2. The van der Waals surface area contributed by atoms with E-state index < -0.39 is 5.91 Å². The fraction of sp³-hybridized carbons (Fsp3) is 0.571. The molecule has 1 aromatic heterocycles. The molecule has 2 unspecified atom stereocenters. The minimum absolute atomic E-state index is 0.196. The predicted octanol–water partition coefficient (Wildman–Crippen LogP) is 1.53. The lowest BCUT2D eigenvalue weighted by Gasteiger charge is -2.04. The predicted molar refractivity (Wildman–Crippen MR) is 83.5 cm³/mol. The molecule has 3 rings (SSSR count). The fourth-order valence-corrected chi connectivity index (χ4v) is 3.57. The molecule has 2 aliphatic rings. The molecule has 0 saturated heterocycles. The molecule has 1 heterocycles. The van der Waals surface area contributed by atoms with Gasteiger partial charge in [-0.25, -0.2) is 0 Å². The van der Waals surface area contributed by atoms with Gasteiger partial charge >= 0.3 is 0 Å². The third-order valence-corrected chi connectivity index (χ3v) is 5.21. The Kier molecular flexibility index (Phi) is 3.52. The zero-order valence-electron chi connectivity index (χ0n) is 11.9. The quantitative estimate of drug-likeness (QED) is 0.638. The summed E-state index contributed by atoms with van der Waals surface area (Å²) in [6.45, 7) is 2.14. The van der Waals surface area contributed by atoms with E-state index >= 15 is 0 Å². The van der Waals surface area contributed by atoms with Crippen LogP contribution in [0.15, 0.2) is 0 Å². The number of nitrogens with two attached hydrogens (primary N) is 2. The number of carbonyl (C=O) groups is 2. The standard InChI is InChI=1S/C14H20N4O2S/c1-2-6-5-8(6)18-14-9(12(16)19)10(15)11(21-14)13(20)17-7-3-4-7/h6-8,18H,2-5,15H2,1H3,(H2,16,19)(H,17,20). The van der Waals surface area contributed by atoms with Crippen LogP contribution in [0.5, 0.6) is 0 Å². The zero-order chi connectivity index (χ0) is 15.1. The highest BCUT2D eigenvalue weighted by atomic mass is 32.1. The highest BCUT2D eigenvalue weighted by Gasteiger charge is 2.37. The molecular formula is C14H20N4O2S. The van der Waals surface area contributed by atoms with Gasteiger partial charge in [-0.2, -0.15) is 0 Å². The van der Waals surface area contributed by atoms with Crippen molar-refractivity contribution < 1.29 is 9.59 Å². The van der Waals surface area contributed by atoms with Gasteiger partial charge in [0.15, 0.2) is 0 Å². The molecule has 2 aliphatic carbocycles. The molecule has 2 amide bonds. The van der Waals surface area contributed by atoms with Crippen LogP contribution in [0.1, 0.15) is 52.6 Å². The average molecular weight is 308 g/mol. The second-order valence-electron chi connectivity index (χ2n) is 5.82. The van der Waals surface area contributed by atoms with Crippen LogP contribution >= 0.6 is 11.3 Å². The van der Waals surface area contributed by atoms with Crippen molar-refractivity contribution in [1.82, 2.24) is 5.32 Å². The molecule has 0 radical (unpaired) electrons. The van der Waals surface area contributed by atoms with Crippen molar-refractivity contribution >= 4 is 33.8 Å². The normalized spacial score (nSPS) is 23.7. The Balaban J connectivity index is 1.83. The molecule has 21 heavy (non-hydrogen) atoms. The molecule has 0 spiro atoms. The molecule has 2 fully saturated rings. The molecule has 6 nitrogen and oxygen atoms in total.